The first-order valence-electron chi connectivity index (χ1n) is 12.6. The molecule has 0 aromatic heterocycles. The molecule has 4 nitrogen and oxygen atoms in total. The van der Waals surface area contributed by atoms with E-state index < -0.39 is 5.66 Å². The molecule has 2 unspecified atom stereocenters. The number of carbonyl (C=O) groups excluding carboxylic acids is 1. The Balaban J connectivity index is 1.71. The van der Waals surface area contributed by atoms with Crippen LogP contribution in [-0.4, -0.2) is 12.5 Å². The fraction of sp³-hybridized carbons (Fsp3) is 0.536. The Morgan fingerprint density at radius 3 is 2.18 bits per heavy atom. The first kappa shape index (κ1) is 23.9. The smallest absolute Gasteiger partial charge is 0.228 e. The highest BCUT2D eigenvalue weighted by atomic mass is 35.5. The van der Waals surface area contributed by atoms with Crippen LogP contribution >= 0.6 is 11.6 Å². The number of halogens is 1. The van der Waals surface area contributed by atoms with E-state index in [1.807, 2.05) is 24.3 Å². The predicted octanol–water partition coefficient (Wildman–Crippen LogP) is 7.03. The van der Waals surface area contributed by atoms with Crippen LogP contribution in [0.1, 0.15) is 64.9 Å². The predicted molar refractivity (Wildman–Crippen MR) is 139 cm³/mol. The van der Waals surface area contributed by atoms with Gasteiger partial charge < -0.3 is 16.0 Å². The minimum absolute atomic E-state index is 0.139. The average Bonchev–Trinajstić information content (AvgIpc) is 3.18. The third-order valence-electron chi connectivity index (χ3n) is 7.26. The lowest BCUT2D eigenvalue weighted by atomic mass is 9.71. The van der Waals surface area contributed by atoms with Gasteiger partial charge >= 0.3 is 0 Å². The third kappa shape index (κ3) is 5.32. The van der Waals surface area contributed by atoms with E-state index in [-0.39, 0.29) is 11.8 Å². The van der Waals surface area contributed by atoms with Crippen LogP contribution in [0.15, 0.2) is 48.5 Å². The van der Waals surface area contributed by atoms with Crippen molar-refractivity contribution in [3.05, 3.63) is 59.1 Å². The molecule has 178 valence electrons. The Labute approximate surface area is 203 Å². The highest BCUT2D eigenvalue weighted by molar-refractivity contribution is 6.30. The third-order valence-corrected chi connectivity index (χ3v) is 7.51. The second kappa shape index (κ2) is 10.4. The number of amides is 1. The highest BCUT2D eigenvalue weighted by Crippen LogP contribution is 2.48. The van der Waals surface area contributed by atoms with Crippen LogP contribution in [0.4, 0.5) is 11.4 Å². The molecule has 1 aliphatic carbocycles. The van der Waals surface area contributed by atoms with Gasteiger partial charge in [-0.15, -0.1) is 0 Å². The molecule has 33 heavy (non-hydrogen) atoms. The summed E-state index contributed by atoms with van der Waals surface area (Å²) in [5.41, 5.74) is 2.41. The quantitative estimate of drug-likeness (QED) is 0.390. The van der Waals surface area contributed by atoms with E-state index >= 15 is 0 Å². The van der Waals surface area contributed by atoms with Crippen molar-refractivity contribution in [3.63, 3.8) is 0 Å². The standard InChI is InChI=1S/C28H38ClN3O/c1-19(2)17-20(3)18-30-27(33)26(21-9-5-4-6-10-21)28(22-13-15-23(29)16-14-22)31-24-11-7-8-12-25(24)32-28/h7-8,11-16,19-21,26,31-32H,4-6,9-10,17-18H2,1-3H3,(H,30,33). The normalized spacial score (nSPS) is 19.3. The number of benzene rings is 2. The van der Waals surface area contributed by atoms with E-state index in [1.165, 1.54) is 19.3 Å². The summed E-state index contributed by atoms with van der Waals surface area (Å²) in [5.74, 6) is 1.29. The van der Waals surface area contributed by atoms with Crippen LogP contribution in [0.25, 0.3) is 0 Å². The van der Waals surface area contributed by atoms with E-state index in [1.54, 1.807) is 0 Å². The molecular weight excluding hydrogens is 430 g/mol. The molecule has 1 fully saturated rings. The van der Waals surface area contributed by atoms with Crippen LogP contribution in [0.2, 0.25) is 5.02 Å². The van der Waals surface area contributed by atoms with Crippen molar-refractivity contribution >= 4 is 28.9 Å². The maximum absolute atomic E-state index is 14.0. The summed E-state index contributed by atoms with van der Waals surface area (Å²) in [6.07, 6.45) is 6.89. The van der Waals surface area contributed by atoms with Gasteiger partial charge in [0.15, 0.2) is 0 Å². The number of fused-ring (bicyclic) bond motifs is 1. The second-order valence-electron chi connectivity index (χ2n) is 10.5. The number of hydrogen-bond donors (Lipinski definition) is 3. The highest BCUT2D eigenvalue weighted by Gasteiger charge is 2.51. The maximum atomic E-state index is 14.0. The molecular formula is C28H38ClN3O. The summed E-state index contributed by atoms with van der Waals surface area (Å²) in [5, 5.41) is 11.6. The van der Waals surface area contributed by atoms with Gasteiger partial charge in [0, 0.05) is 11.6 Å². The van der Waals surface area contributed by atoms with Gasteiger partial charge in [-0.2, -0.15) is 0 Å². The van der Waals surface area contributed by atoms with Crippen LogP contribution in [0.5, 0.6) is 0 Å². The minimum Gasteiger partial charge on any atom is -0.357 e. The maximum Gasteiger partial charge on any atom is 0.228 e. The van der Waals surface area contributed by atoms with Gasteiger partial charge in [0.25, 0.3) is 0 Å². The van der Waals surface area contributed by atoms with E-state index in [9.17, 15) is 4.79 Å². The number of nitrogens with one attached hydrogen (secondary N) is 3. The Kier molecular flexibility index (Phi) is 7.53. The monoisotopic (exact) mass is 467 g/mol. The Morgan fingerprint density at radius 1 is 1.00 bits per heavy atom. The number of carbonyl (C=O) groups is 1. The molecule has 2 atom stereocenters. The fourth-order valence-corrected chi connectivity index (χ4v) is 5.98. The zero-order valence-electron chi connectivity index (χ0n) is 20.2. The summed E-state index contributed by atoms with van der Waals surface area (Å²) in [6.45, 7) is 7.42. The van der Waals surface area contributed by atoms with Gasteiger partial charge in [-0.05, 0) is 66.8 Å². The molecule has 1 amide bonds. The van der Waals surface area contributed by atoms with Gasteiger partial charge in [0.1, 0.15) is 5.66 Å². The van der Waals surface area contributed by atoms with E-state index in [0.717, 1.165) is 36.2 Å². The van der Waals surface area contributed by atoms with Gasteiger partial charge in [0.2, 0.25) is 5.91 Å². The van der Waals surface area contributed by atoms with Crippen molar-refractivity contribution in [2.45, 2.75) is 65.0 Å². The number of para-hydroxylation sites is 2. The number of rotatable bonds is 8. The summed E-state index contributed by atoms with van der Waals surface area (Å²) >= 11 is 6.25. The van der Waals surface area contributed by atoms with Gasteiger partial charge in [0.05, 0.1) is 17.3 Å². The van der Waals surface area contributed by atoms with Crippen LogP contribution in [0.3, 0.4) is 0 Å². The lowest BCUT2D eigenvalue weighted by Gasteiger charge is -2.43. The Bertz CT molecular complexity index is 911. The summed E-state index contributed by atoms with van der Waals surface area (Å²) in [6, 6.07) is 16.2. The van der Waals surface area contributed by atoms with Crippen LogP contribution in [0, 0.1) is 23.7 Å². The largest absolute Gasteiger partial charge is 0.357 e. The lowest BCUT2D eigenvalue weighted by Crippen LogP contribution is -2.55. The van der Waals surface area contributed by atoms with Gasteiger partial charge in [-0.1, -0.05) is 75.9 Å². The van der Waals surface area contributed by atoms with E-state index in [0.29, 0.717) is 29.3 Å². The molecule has 1 heterocycles. The molecule has 2 aromatic rings. The Morgan fingerprint density at radius 2 is 1.61 bits per heavy atom. The van der Waals surface area contributed by atoms with Crippen molar-refractivity contribution in [2.24, 2.45) is 23.7 Å². The SMILES string of the molecule is CC(C)CC(C)CNC(=O)C(C1CCCCC1)C1(c2ccc(Cl)cc2)Nc2ccccc2N1. The summed E-state index contributed by atoms with van der Waals surface area (Å²) in [4.78, 5) is 14.0. The second-order valence-corrected chi connectivity index (χ2v) is 10.9. The van der Waals surface area contributed by atoms with E-state index in [4.69, 9.17) is 11.6 Å². The molecule has 0 bridgehead atoms. The molecule has 1 aliphatic heterocycles. The molecule has 0 spiro atoms. The van der Waals surface area contributed by atoms with Crippen molar-refractivity contribution in [1.82, 2.24) is 5.32 Å². The van der Waals surface area contributed by atoms with Crippen molar-refractivity contribution < 1.29 is 4.79 Å². The molecule has 0 radical (unpaired) electrons. The molecule has 2 aromatic carbocycles. The Hall–Kier alpha value is -2.20. The van der Waals surface area contributed by atoms with Crippen molar-refractivity contribution in [3.8, 4) is 0 Å². The van der Waals surface area contributed by atoms with Crippen LogP contribution < -0.4 is 16.0 Å². The van der Waals surface area contributed by atoms with Crippen LogP contribution in [-0.2, 0) is 10.5 Å². The molecule has 0 saturated heterocycles. The van der Waals surface area contributed by atoms with Crippen molar-refractivity contribution in [1.29, 1.82) is 0 Å². The van der Waals surface area contributed by atoms with Gasteiger partial charge in [-0.3, -0.25) is 4.79 Å². The number of anilines is 2. The molecule has 1 saturated carbocycles. The topological polar surface area (TPSA) is 53.2 Å². The first-order chi connectivity index (χ1) is 15.9. The first-order valence-corrected chi connectivity index (χ1v) is 13.0. The number of hydrogen-bond acceptors (Lipinski definition) is 3. The zero-order valence-corrected chi connectivity index (χ0v) is 20.9. The molecule has 2 aliphatic rings. The molecule has 3 N–H and O–H groups in total. The molecule has 4 rings (SSSR count). The van der Waals surface area contributed by atoms with Crippen molar-refractivity contribution in [2.75, 3.05) is 17.2 Å². The molecule has 5 heteroatoms. The fourth-order valence-electron chi connectivity index (χ4n) is 5.85. The summed E-state index contributed by atoms with van der Waals surface area (Å²) in [7, 11) is 0. The summed E-state index contributed by atoms with van der Waals surface area (Å²) < 4.78 is 0. The van der Waals surface area contributed by atoms with Gasteiger partial charge in [-0.25, -0.2) is 0 Å². The van der Waals surface area contributed by atoms with E-state index in [2.05, 4.69) is 61.0 Å². The zero-order chi connectivity index (χ0) is 23.4. The minimum atomic E-state index is -0.707. The lowest BCUT2D eigenvalue weighted by molar-refractivity contribution is -0.129. The average molecular weight is 468 g/mol.